The molecule has 1 aromatic carbocycles. The van der Waals surface area contributed by atoms with Gasteiger partial charge >= 0.3 is 0 Å². The van der Waals surface area contributed by atoms with Crippen LogP contribution < -0.4 is 15.5 Å². The summed E-state index contributed by atoms with van der Waals surface area (Å²) in [5.41, 5.74) is 4.74. The Hall–Kier alpha value is -2.81. The predicted molar refractivity (Wildman–Crippen MR) is 126 cm³/mol. The number of pyridine rings is 1. The number of hydrogen-bond acceptors (Lipinski definition) is 8. The van der Waals surface area contributed by atoms with Gasteiger partial charge in [0.05, 0.1) is 23.9 Å². The van der Waals surface area contributed by atoms with Crippen LogP contribution in [-0.2, 0) is 9.47 Å². The van der Waals surface area contributed by atoms with Crippen LogP contribution in [0.2, 0.25) is 0 Å². The van der Waals surface area contributed by atoms with E-state index in [-0.39, 0.29) is 6.10 Å². The Morgan fingerprint density at radius 1 is 1.09 bits per heavy atom. The van der Waals surface area contributed by atoms with E-state index < -0.39 is 0 Å². The van der Waals surface area contributed by atoms with Crippen molar-refractivity contribution in [3.05, 3.63) is 42.7 Å². The molecule has 2 aliphatic rings. The summed E-state index contributed by atoms with van der Waals surface area (Å²) < 4.78 is 11.3. The molecule has 4 heterocycles. The first-order valence-electron chi connectivity index (χ1n) is 11.4. The van der Waals surface area contributed by atoms with E-state index in [2.05, 4.69) is 56.8 Å². The summed E-state index contributed by atoms with van der Waals surface area (Å²) >= 11 is 0. The standard InChI is InChI=1S/C24H30N6O2/c1-30(19-6-11-31-12-7-19)18-4-2-17(3-5-18)21-14-22-23(27-9-8-26-22)24(29-21)28-16-20-15-25-10-13-32-20/h2-5,8-9,14,19-20,25H,6-7,10-13,15-16H2,1H3,(H,28,29)/t20-/m0/s1. The van der Waals surface area contributed by atoms with E-state index in [1.807, 2.05) is 6.07 Å². The Labute approximate surface area is 188 Å². The lowest BCUT2D eigenvalue weighted by Crippen LogP contribution is -2.42. The molecule has 0 unspecified atom stereocenters. The van der Waals surface area contributed by atoms with Crippen LogP contribution in [-0.4, -0.2) is 73.6 Å². The van der Waals surface area contributed by atoms with Gasteiger partial charge < -0.3 is 25.0 Å². The Morgan fingerprint density at radius 3 is 2.69 bits per heavy atom. The summed E-state index contributed by atoms with van der Waals surface area (Å²) in [6.07, 6.45) is 5.67. The fourth-order valence-corrected chi connectivity index (χ4v) is 4.36. The highest BCUT2D eigenvalue weighted by Gasteiger charge is 2.19. The monoisotopic (exact) mass is 434 g/mol. The van der Waals surface area contributed by atoms with E-state index >= 15 is 0 Å². The zero-order chi connectivity index (χ0) is 21.8. The van der Waals surface area contributed by atoms with Crippen LogP contribution in [0.15, 0.2) is 42.7 Å². The molecule has 2 N–H and O–H groups in total. The SMILES string of the molecule is CN(c1ccc(-c2cc3nccnc3c(NC[C@@H]3CNCCO3)n2)cc1)C1CCOCC1. The van der Waals surface area contributed by atoms with E-state index in [0.717, 1.165) is 73.9 Å². The number of ether oxygens (including phenoxy) is 2. The van der Waals surface area contributed by atoms with Gasteiger partial charge in [-0.25, -0.2) is 9.97 Å². The van der Waals surface area contributed by atoms with Crippen molar-refractivity contribution in [2.75, 3.05) is 56.7 Å². The first kappa shape index (κ1) is 21.1. The zero-order valence-electron chi connectivity index (χ0n) is 18.5. The van der Waals surface area contributed by atoms with E-state index in [0.29, 0.717) is 12.6 Å². The average Bonchev–Trinajstić information content (AvgIpc) is 2.88. The van der Waals surface area contributed by atoms with Gasteiger partial charge in [-0.15, -0.1) is 0 Å². The molecule has 2 aromatic heterocycles. The van der Waals surface area contributed by atoms with Gasteiger partial charge in [0.25, 0.3) is 0 Å². The van der Waals surface area contributed by atoms with Crippen LogP contribution in [0.1, 0.15) is 12.8 Å². The van der Waals surface area contributed by atoms with E-state index in [4.69, 9.17) is 14.5 Å². The average molecular weight is 435 g/mol. The molecule has 0 amide bonds. The molecule has 0 aliphatic carbocycles. The van der Waals surface area contributed by atoms with E-state index in [1.54, 1.807) is 12.4 Å². The molecule has 2 aliphatic heterocycles. The van der Waals surface area contributed by atoms with Gasteiger partial charge in [0.2, 0.25) is 0 Å². The van der Waals surface area contributed by atoms with Gasteiger partial charge in [0.15, 0.2) is 5.82 Å². The molecule has 5 rings (SSSR count). The summed E-state index contributed by atoms with van der Waals surface area (Å²) in [5.74, 6) is 0.739. The number of rotatable bonds is 6. The maximum Gasteiger partial charge on any atom is 0.154 e. The molecular weight excluding hydrogens is 404 g/mol. The lowest BCUT2D eigenvalue weighted by atomic mass is 10.1. The minimum atomic E-state index is 0.112. The van der Waals surface area contributed by atoms with Crippen molar-refractivity contribution in [1.29, 1.82) is 0 Å². The topological polar surface area (TPSA) is 84.4 Å². The van der Waals surface area contributed by atoms with Crippen LogP contribution in [0.4, 0.5) is 11.5 Å². The Balaban J connectivity index is 1.38. The highest BCUT2D eigenvalue weighted by atomic mass is 16.5. The number of anilines is 2. The fourth-order valence-electron chi connectivity index (χ4n) is 4.36. The molecule has 32 heavy (non-hydrogen) atoms. The molecule has 1 atom stereocenters. The summed E-state index contributed by atoms with van der Waals surface area (Å²) in [6.45, 7) is 4.81. The smallest absolute Gasteiger partial charge is 0.154 e. The van der Waals surface area contributed by atoms with Crippen LogP contribution >= 0.6 is 0 Å². The summed E-state index contributed by atoms with van der Waals surface area (Å²) in [6, 6.07) is 11.1. The number of fused-ring (bicyclic) bond motifs is 1. The second-order valence-corrected chi connectivity index (χ2v) is 8.36. The number of aromatic nitrogens is 3. The molecule has 0 spiro atoms. The van der Waals surface area contributed by atoms with Crippen molar-refractivity contribution in [3.8, 4) is 11.3 Å². The molecular formula is C24H30N6O2. The number of hydrogen-bond donors (Lipinski definition) is 2. The Kier molecular flexibility index (Phi) is 6.43. The Bertz CT molecular complexity index is 1030. The lowest BCUT2D eigenvalue weighted by Gasteiger charge is -2.33. The Morgan fingerprint density at radius 2 is 1.91 bits per heavy atom. The van der Waals surface area contributed by atoms with Gasteiger partial charge in [0.1, 0.15) is 5.52 Å². The van der Waals surface area contributed by atoms with Crippen molar-refractivity contribution in [1.82, 2.24) is 20.3 Å². The van der Waals surface area contributed by atoms with Crippen molar-refractivity contribution in [3.63, 3.8) is 0 Å². The zero-order valence-corrected chi connectivity index (χ0v) is 18.5. The first-order chi connectivity index (χ1) is 15.8. The third-order valence-electron chi connectivity index (χ3n) is 6.27. The molecule has 2 fully saturated rings. The third kappa shape index (κ3) is 4.67. The molecule has 8 nitrogen and oxygen atoms in total. The van der Waals surface area contributed by atoms with Crippen molar-refractivity contribution < 1.29 is 9.47 Å². The first-order valence-corrected chi connectivity index (χ1v) is 11.4. The van der Waals surface area contributed by atoms with Gasteiger partial charge in [-0.3, -0.25) is 4.98 Å². The summed E-state index contributed by atoms with van der Waals surface area (Å²) in [7, 11) is 2.17. The molecule has 168 valence electrons. The van der Waals surface area contributed by atoms with Crippen molar-refractivity contribution in [2.45, 2.75) is 25.0 Å². The molecule has 3 aromatic rings. The maximum absolute atomic E-state index is 5.81. The van der Waals surface area contributed by atoms with Gasteiger partial charge in [-0.05, 0) is 31.0 Å². The minimum Gasteiger partial charge on any atom is -0.381 e. The van der Waals surface area contributed by atoms with Crippen molar-refractivity contribution in [2.24, 2.45) is 0 Å². The van der Waals surface area contributed by atoms with E-state index in [9.17, 15) is 0 Å². The normalized spacial score (nSPS) is 19.7. The van der Waals surface area contributed by atoms with Crippen LogP contribution in [0.5, 0.6) is 0 Å². The van der Waals surface area contributed by atoms with Crippen molar-refractivity contribution >= 4 is 22.5 Å². The predicted octanol–water partition coefficient (Wildman–Crippen LogP) is 2.71. The summed E-state index contributed by atoms with van der Waals surface area (Å²) in [4.78, 5) is 16.3. The number of morpholine rings is 1. The number of nitrogens with one attached hydrogen (secondary N) is 2. The quantitative estimate of drug-likeness (QED) is 0.613. The van der Waals surface area contributed by atoms with Gasteiger partial charge in [-0.1, -0.05) is 12.1 Å². The third-order valence-corrected chi connectivity index (χ3v) is 6.27. The lowest BCUT2D eigenvalue weighted by molar-refractivity contribution is 0.0372. The number of nitrogens with zero attached hydrogens (tertiary/aromatic N) is 4. The highest BCUT2D eigenvalue weighted by molar-refractivity contribution is 5.88. The van der Waals surface area contributed by atoms with Gasteiger partial charge in [0, 0.05) is 69.6 Å². The molecule has 0 radical (unpaired) electrons. The highest BCUT2D eigenvalue weighted by Crippen LogP contribution is 2.28. The maximum atomic E-state index is 5.81. The minimum absolute atomic E-state index is 0.112. The molecule has 0 bridgehead atoms. The molecule has 0 saturated carbocycles. The fraction of sp³-hybridized carbons (Fsp3) is 0.458. The second kappa shape index (κ2) is 9.77. The number of benzene rings is 1. The summed E-state index contributed by atoms with van der Waals surface area (Å²) in [5, 5.41) is 6.80. The van der Waals surface area contributed by atoms with Crippen LogP contribution in [0.3, 0.4) is 0 Å². The second-order valence-electron chi connectivity index (χ2n) is 8.36. The molecule has 2 saturated heterocycles. The van der Waals surface area contributed by atoms with E-state index in [1.165, 1.54) is 5.69 Å². The largest absolute Gasteiger partial charge is 0.381 e. The molecule has 8 heteroatoms. The van der Waals surface area contributed by atoms with Gasteiger partial charge in [-0.2, -0.15) is 0 Å². The van der Waals surface area contributed by atoms with Crippen LogP contribution in [0.25, 0.3) is 22.3 Å². The van der Waals surface area contributed by atoms with Crippen LogP contribution in [0, 0.1) is 0 Å².